The molecular weight excluding hydrogens is 252 g/mol. The Morgan fingerprint density at radius 2 is 1.85 bits per heavy atom. The van der Waals surface area contributed by atoms with Gasteiger partial charge in [-0.3, -0.25) is 9.69 Å². The molecule has 2 heterocycles. The molecule has 2 aliphatic heterocycles. The Hall–Kier alpha value is -0.610. The van der Waals surface area contributed by atoms with Gasteiger partial charge in [0.2, 0.25) is 5.91 Å². The van der Waals surface area contributed by atoms with Crippen LogP contribution in [0, 0.1) is 5.92 Å². The molecule has 20 heavy (non-hydrogen) atoms. The number of carbonyl (C=O) groups is 1. The molecule has 2 fully saturated rings. The minimum Gasteiger partial charge on any atom is -0.393 e. The molecule has 2 rings (SSSR count). The number of likely N-dealkylation sites (tertiary alicyclic amines) is 2. The van der Waals surface area contributed by atoms with Crippen molar-refractivity contribution in [2.75, 3.05) is 26.2 Å². The topological polar surface area (TPSA) is 43.8 Å². The number of piperidine rings is 1. The lowest BCUT2D eigenvalue weighted by Crippen LogP contribution is -2.53. The molecule has 116 valence electrons. The van der Waals surface area contributed by atoms with Gasteiger partial charge >= 0.3 is 0 Å². The molecule has 1 N–H and O–H groups in total. The minimum absolute atomic E-state index is 0.0327. The predicted molar refractivity (Wildman–Crippen MR) is 80.5 cm³/mol. The first-order valence-electron chi connectivity index (χ1n) is 8.34. The van der Waals surface area contributed by atoms with Crippen molar-refractivity contribution in [1.82, 2.24) is 9.80 Å². The van der Waals surface area contributed by atoms with E-state index in [1.165, 1.54) is 12.8 Å². The molecule has 0 aromatic heterocycles. The summed E-state index contributed by atoms with van der Waals surface area (Å²) in [6.45, 7) is 7.72. The summed E-state index contributed by atoms with van der Waals surface area (Å²) in [7, 11) is 0. The third-order valence-corrected chi connectivity index (χ3v) is 5.07. The summed E-state index contributed by atoms with van der Waals surface area (Å²) >= 11 is 0. The number of aliphatic hydroxyl groups excluding tert-OH is 1. The number of hydrogen-bond donors (Lipinski definition) is 1. The van der Waals surface area contributed by atoms with E-state index in [1.54, 1.807) is 0 Å². The van der Waals surface area contributed by atoms with E-state index in [-0.39, 0.29) is 18.1 Å². The monoisotopic (exact) mass is 282 g/mol. The molecule has 0 aromatic carbocycles. The van der Waals surface area contributed by atoms with Gasteiger partial charge in [-0.15, -0.1) is 0 Å². The standard InChI is InChI=1S/C16H30N2O2/c1-3-14-12-18(11-8-15(14)19)13(2)16(20)17-9-6-4-5-7-10-17/h13-15,19H,3-12H2,1-2H3. The number of nitrogens with zero attached hydrogens (tertiary/aromatic N) is 2. The Labute approximate surface area is 123 Å². The van der Waals surface area contributed by atoms with Crippen LogP contribution in [-0.4, -0.2) is 59.1 Å². The number of hydrogen-bond acceptors (Lipinski definition) is 3. The number of aliphatic hydroxyl groups is 1. The lowest BCUT2D eigenvalue weighted by molar-refractivity contribution is -0.138. The van der Waals surface area contributed by atoms with Gasteiger partial charge in [-0.1, -0.05) is 19.8 Å². The average Bonchev–Trinajstić information content (AvgIpc) is 2.75. The molecule has 2 aliphatic rings. The highest BCUT2D eigenvalue weighted by Gasteiger charge is 2.33. The molecule has 0 bridgehead atoms. The Kier molecular flexibility index (Phi) is 5.85. The second kappa shape index (κ2) is 7.41. The van der Waals surface area contributed by atoms with Crippen molar-refractivity contribution in [3.05, 3.63) is 0 Å². The number of carbonyl (C=O) groups excluding carboxylic acids is 1. The van der Waals surface area contributed by atoms with Gasteiger partial charge < -0.3 is 10.0 Å². The summed E-state index contributed by atoms with van der Waals surface area (Å²) < 4.78 is 0. The molecular formula is C16H30N2O2. The number of rotatable bonds is 3. The van der Waals surface area contributed by atoms with Crippen LogP contribution in [0.2, 0.25) is 0 Å². The fourth-order valence-corrected chi connectivity index (χ4v) is 3.51. The fourth-order valence-electron chi connectivity index (χ4n) is 3.51. The smallest absolute Gasteiger partial charge is 0.239 e. The molecule has 0 aromatic rings. The summed E-state index contributed by atoms with van der Waals surface area (Å²) in [6.07, 6.45) is 6.41. The van der Waals surface area contributed by atoms with Crippen LogP contribution in [-0.2, 0) is 4.79 Å². The van der Waals surface area contributed by atoms with Crippen LogP contribution >= 0.6 is 0 Å². The van der Waals surface area contributed by atoms with Gasteiger partial charge in [-0.05, 0) is 38.5 Å². The SMILES string of the molecule is CCC1CN(C(C)C(=O)N2CCCCCC2)CCC1O. The van der Waals surface area contributed by atoms with Gasteiger partial charge in [0.05, 0.1) is 12.1 Å². The van der Waals surface area contributed by atoms with Crippen molar-refractivity contribution in [1.29, 1.82) is 0 Å². The Morgan fingerprint density at radius 3 is 2.45 bits per heavy atom. The molecule has 2 saturated heterocycles. The largest absolute Gasteiger partial charge is 0.393 e. The van der Waals surface area contributed by atoms with E-state index in [9.17, 15) is 9.90 Å². The molecule has 0 saturated carbocycles. The summed E-state index contributed by atoms with van der Waals surface area (Å²) in [5, 5.41) is 9.97. The van der Waals surface area contributed by atoms with Crippen molar-refractivity contribution in [2.24, 2.45) is 5.92 Å². The molecule has 3 unspecified atom stereocenters. The highest BCUT2D eigenvalue weighted by Crippen LogP contribution is 2.22. The second-order valence-electron chi connectivity index (χ2n) is 6.43. The maximum absolute atomic E-state index is 12.6. The van der Waals surface area contributed by atoms with Crippen LogP contribution in [0.25, 0.3) is 0 Å². The van der Waals surface area contributed by atoms with Crippen molar-refractivity contribution < 1.29 is 9.90 Å². The first-order valence-corrected chi connectivity index (χ1v) is 8.34. The summed E-state index contributed by atoms with van der Waals surface area (Å²) in [4.78, 5) is 17.0. The van der Waals surface area contributed by atoms with Crippen LogP contribution in [0.4, 0.5) is 0 Å². The lowest BCUT2D eigenvalue weighted by atomic mass is 9.91. The molecule has 1 amide bonds. The summed E-state index contributed by atoms with van der Waals surface area (Å²) in [5.41, 5.74) is 0. The van der Waals surface area contributed by atoms with Crippen LogP contribution in [0.1, 0.15) is 52.4 Å². The maximum Gasteiger partial charge on any atom is 0.239 e. The molecule has 0 spiro atoms. The van der Waals surface area contributed by atoms with E-state index >= 15 is 0 Å². The highest BCUT2D eigenvalue weighted by molar-refractivity contribution is 5.81. The first-order chi connectivity index (χ1) is 9.63. The second-order valence-corrected chi connectivity index (χ2v) is 6.43. The Bertz CT molecular complexity index is 314. The molecule has 4 heteroatoms. The van der Waals surface area contributed by atoms with Crippen molar-refractivity contribution in [3.63, 3.8) is 0 Å². The van der Waals surface area contributed by atoms with Gasteiger partial charge in [0.15, 0.2) is 0 Å². The van der Waals surface area contributed by atoms with Gasteiger partial charge in [0, 0.05) is 26.2 Å². The van der Waals surface area contributed by atoms with Gasteiger partial charge in [-0.25, -0.2) is 0 Å². The predicted octanol–water partition coefficient (Wildman–Crippen LogP) is 1.87. The van der Waals surface area contributed by atoms with Crippen molar-refractivity contribution in [2.45, 2.75) is 64.5 Å². The first kappa shape index (κ1) is 15.8. The van der Waals surface area contributed by atoms with Crippen LogP contribution in [0.5, 0.6) is 0 Å². The quantitative estimate of drug-likeness (QED) is 0.859. The Balaban J connectivity index is 1.92. The lowest BCUT2D eigenvalue weighted by Gasteiger charge is -2.40. The molecule has 0 aliphatic carbocycles. The summed E-state index contributed by atoms with van der Waals surface area (Å²) in [6, 6.07) is -0.0327. The van der Waals surface area contributed by atoms with E-state index in [0.29, 0.717) is 5.92 Å². The van der Waals surface area contributed by atoms with Gasteiger partial charge in [-0.2, -0.15) is 0 Å². The van der Waals surface area contributed by atoms with E-state index < -0.39 is 0 Å². The van der Waals surface area contributed by atoms with Crippen molar-refractivity contribution in [3.8, 4) is 0 Å². The normalized spacial score (nSPS) is 30.9. The molecule has 0 radical (unpaired) electrons. The molecule has 4 nitrogen and oxygen atoms in total. The van der Waals surface area contributed by atoms with E-state index in [0.717, 1.165) is 51.9 Å². The van der Waals surface area contributed by atoms with E-state index in [2.05, 4.69) is 16.7 Å². The minimum atomic E-state index is -0.184. The fraction of sp³-hybridized carbons (Fsp3) is 0.938. The van der Waals surface area contributed by atoms with E-state index in [4.69, 9.17) is 0 Å². The van der Waals surface area contributed by atoms with Crippen molar-refractivity contribution >= 4 is 5.91 Å². The number of amides is 1. The van der Waals surface area contributed by atoms with Crippen LogP contribution in [0.3, 0.4) is 0 Å². The molecule has 3 atom stereocenters. The summed E-state index contributed by atoms with van der Waals surface area (Å²) in [5.74, 6) is 0.612. The Morgan fingerprint density at radius 1 is 1.20 bits per heavy atom. The van der Waals surface area contributed by atoms with Crippen LogP contribution in [0.15, 0.2) is 0 Å². The van der Waals surface area contributed by atoms with Gasteiger partial charge in [0.25, 0.3) is 0 Å². The zero-order chi connectivity index (χ0) is 14.5. The zero-order valence-corrected chi connectivity index (χ0v) is 13.1. The van der Waals surface area contributed by atoms with Crippen LogP contribution < -0.4 is 0 Å². The average molecular weight is 282 g/mol. The third kappa shape index (κ3) is 3.73. The van der Waals surface area contributed by atoms with Gasteiger partial charge in [0.1, 0.15) is 0 Å². The third-order valence-electron chi connectivity index (χ3n) is 5.07. The maximum atomic E-state index is 12.6. The highest BCUT2D eigenvalue weighted by atomic mass is 16.3. The zero-order valence-electron chi connectivity index (χ0n) is 13.1. The van der Waals surface area contributed by atoms with E-state index in [1.807, 2.05) is 6.92 Å².